The van der Waals surface area contributed by atoms with Crippen LogP contribution in [0.1, 0.15) is 18.7 Å². The molecule has 0 fully saturated rings. The van der Waals surface area contributed by atoms with Crippen molar-refractivity contribution in [2.75, 3.05) is 20.2 Å². The predicted molar refractivity (Wildman–Crippen MR) is 75.9 cm³/mol. The number of hydrogen-bond acceptors (Lipinski definition) is 4. The second-order valence-corrected chi connectivity index (χ2v) is 5.26. The standard InChI is InChI=1S/C14H21NO2S/c1-4-17-14(16)8-5-9-15(3)12(2)11-13-7-6-10-18-13/h5-8,10,12H,4,9,11H2,1-3H3/b8-5+. The molecule has 0 aliphatic rings. The third-order valence-electron chi connectivity index (χ3n) is 2.76. The molecule has 1 aromatic rings. The Labute approximate surface area is 113 Å². The number of esters is 1. The number of nitrogens with zero attached hydrogens (tertiary/aromatic N) is 1. The van der Waals surface area contributed by atoms with Crippen molar-refractivity contribution in [3.63, 3.8) is 0 Å². The first-order valence-electron chi connectivity index (χ1n) is 6.19. The summed E-state index contributed by atoms with van der Waals surface area (Å²) in [6.45, 7) is 5.18. The summed E-state index contributed by atoms with van der Waals surface area (Å²) < 4.78 is 4.83. The van der Waals surface area contributed by atoms with Gasteiger partial charge in [-0.1, -0.05) is 12.1 Å². The van der Waals surface area contributed by atoms with Crippen LogP contribution in [0.3, 0.4) is 0 Å². The predicted octanol–water partition coefficient (Wildman–Crippen LogP) is 2.73. The largest absolute Gasteiger partial charge is 0.463 e. The van der Waals surface area contributed by atoms with Crippen LogP contribution >= 0.6 is 11.3 Å². The topological polar surface area (TPSA) is 29.5 Å². The van der Waals surface area contributed by atoms with Gasteiger partial charge in [-0.25, -0.2) is 4.79 Å². The summed E-state index contributed by atoms with van der Waals surface area (Å²) >= 11 is 1.79. The summed E-state index contributed by atoms with van der Waals surface area (Å²) in [5.74, 6) is -0.267. The molecule has 0 aliphatic heterocycles. The molecule has 100 valence electrons. The van der Waals surface area contributed by atoms with Gasteiger partial charge in [-0.3, -0.25) is 4.90 Å². The maximum Gasteiger partial charge on any atom is 0.330 e. The van der Waals surface area contributed by atoms with E-state index in [2.05, 4.69) is 36.4 Å². The Balaban J connectivity index is 2.31. The van der Waals surface area contributed by atoms with E-state index in [-0.39, 0.29) is 5.97 Å². The van der Waals surface area contributed by atoms with Crippen LogP contribution < -0.4 is 0 Å². The fourth-order valence-corrected chi connectivity index (χ4v) is 2.39. The molecule has 1 heterocycles. The van der Waals surface area contributed by atoms with Gasteiger partial charge in [0.2, 0.25) is 0 Å². The van der Waals surface area contributed by atoms with Gasteiger partial charge in [-0.15, -0.1) is 11.3 Å². The molecule has 0 N–H and O–H groups in total. The van der Waals surface area contributed by atoms with Crippen molar-refractivity contribution in [2.45, 2.75) is 26.3 Å². The van der Waals surface area contributed by atoms with Crippen LogP contribution in [-0.4, -0.2) is 37.1 Å². The zero-order valence-electron chi connectivity index (χ0n) is 11.3. The third-order valence-corrected chi connectivity index (χ3v) is 3.66. The molecule has 0 saturated heterocycles. The molecule has 1 atom stereocenters. The van der Waals surface area contributed by atoms with Crippen molar-refractivity contribution < 1.29 is 9.53 Å². The van der Waals surface area contributed by atoms with E-state index in [1.54, 1.807) is 18.3 Å². The van der Waals surface area contributed by atoms with E-state index in [0.29, 0.717) is 12.6 Å². The molecular weight excluding hydrogens is 246 g/mol. The molecule has 18 heavy (non-hydrogen) atoms. The van der Waals surface area contributed by atoms with Gasteiger partial charge in [0, 0.05) is 23.5 Å². The van der Waals surface area contributed by atoms with Crippen LogP contribution in [0.25, 0.3) is 0 Å². The lowest BCUT2D eigenvalue weighted by molar-refractivity contribution is -0.137. The highest BCUT2D eigenvalue weighted by atomic mass is 32.1. The molecule has 0 aromatic carbocycles. The van der Waals surface area contributed by atoms with Crippen molar-refractivity contribution in [2.24, 2.45) is 0 Å². The van der Waals surface area contributed by atoms with E-state index in [4.69, 9.17) is 4.74 Å². The monoisotopic (exact) mass is 267 g/mol. The minimum Gasteiger partial charge on any atom is -0.463 e. The molecule has 1 aromatic heterocycles. The minimum absolute atomic E-state index is 0.267. The molecule has 0 bridgehead atoms. The lowest BCUT2D eigenvalue weighted by Crippen LogP contribution is -2.30. The molecule has 1 rings (SSSR count). The molecule has 0 saturated carbocycles. The SMILES string of the molecule is CCOC(=O)/C=C/CN(C)C(C)Cc1cccs1. The van der Waals surface area contributed by atoms with E-state index < -0.39 is 0 Å². The quantitative estimate of drug-likeness (QED) is 0.562. The van der Waals surface area contributed by atoms with Crippen molar-refractivity contribution in [1.29, 1.82) is 0 Å². The van der Waals surface area contributed by atoms with Crippen LogP contribution in [0.4, 0.5) is 0 Å². The fourth-order valence-electron chi connectivity index (χ4n) is 1.56. The zero-order valence-corrected chi connectivity index (χ0v) is 12.1. The van der Waals surface area contributed by atoms with Gasteiger partial charge in [0.05, 0.1) is 6.61 Å². The van der Waals surface area contributed by atoms with Gasteiger partial charge < -0.3 is 4.74 Å². The van der Waals surface area contributed by atoms with E-state index in [9.17, 15) is 4.79 Å². The van der Waals surface area contributed by atoms with Crippen molar-refractivity contribution in [1.82, 2.24) is 4.90 Å². The number of carbonyl (C=O) groups is 1. The first-order valence-corrected chi connectivity index (χ1v) is 7.07. The lowest BCUT2D eigenvalue weighted by atomic mass is 10.2. The number of rotatable bonds is 7. The van der Waals surface area contributed by atoms with Gasteiger partial charge in [-0.05, 0) is 38.8 Å². The highest BCUT2D eigenvalue weighted by Crippen LogP contribution is 2.13. The lowest BCUT2D eigenvalue weighted by Gasteiger charge is -2.22. The van der Waals surface area contributed by atoms with Gasteiger partial charge >= 0.3 is 5.97 Å². The van der Waals surface area contributed by atoms with Crippen LogP contribution in [0.15, 0.2) is 29.7 Å². The molecule has 0 aliphatic carbocycles. The highest BCUT2D eigenvalue weighted by Gasteiger charge is 2.09. The Morgan fingerprint density at radius 3 is 3.00 bits per heavy atom. The first-order chi connectivity index (χ1) is 8.63. The molecular formula is C14H21NO2S. The van der Waals surface area contributed by atoms with Crippen LogP contribution in [-0.2, 0) is 16.0 Å². The maximum atomic E-state index is 11.1. The molecule has 4 heteroatoms. The van der Waals surface area contributed by atoms with E-state index in [1.165, 1.54) is 11.0 Å². The van der Waals surface area contributed by atoms with Gasteiger partial charge in [-0.2, -0.15) is 0 Å². The van der Waals surface area contributed by atoms with E-state index >= 15 is 0 Å². The number of likely N-dealkylation sites (N-methyl/N-ethyl adjacent to an activating group) is 1. The average Bonchev–Trinajstić information content (AvgIpc) is 2.82. The van der Waals surface area contributed by atoms with E-state index in [1.807, 2.05) is 6.08 Å². The number of carbonyl (C=O) groups excluding carboxylic acids is 1. The molecule has 0 radical (unpaired) electrons. The molecule has 1 unspecified atom stereocenters. The number of ether oxygens (including phenoxy) is 1. The number of thiophene rings is 1. The molecule has 0 spiro atoms. The maximum absolute atomic E-state index is 11.1. The Bertz CT molecular complexity index is 373. The summed E-state index contributed by atoms with van der Waals surface area (Å²) in [6.07, 6.45) is 4.39. The summed E-state index contributed by atoms with van der Waals surface area (Å²) in [7, 11) is 2.06. The van der Waals surface area contributed by atoms with Crippen LogP contribution in [0.5, 0.6) is 0 Å². The normalized spacial score (nSPS) is 13.1. The smallest absolute Gasteiger partial charge is 0.330 e. The third kappa shape index (κ3) is 5.47. The highest BCUT2D eigenvalue weighted by molar-refractivity contribution is 7.09. The zero-order chi connectivity index (χ0) is 13.4. The molecule has 0 amide bonds. The van der Waals surface area contributed by atoms with Crippen molar-refractivity contribution in [3.05, 3.63) is 34.5 Å². The Kier molecular flexibility index (Phi) is 6.68. The Hall–Kier alpha value is -1.13. The van der Waals surface area contributed by atoms with Gasteiger partial charge in [0.15, 0.2) is 0 Å². The average molecular weight is 267 g/mol. The summed E-state index contributed by atoms with van der Waals surface area (Å²) in [4.78, 5) is 14.7. The van der Waals surface area contributed by atoms with E-state index in [0.717, 1.165) is 13.0 Å². The van der Waals surface area contributed by atoms with Gasteiger partial charge in [0.1, 0.15) is 0 Å². The van der Waals surface area contributed by atoms with Crippen LogP contribution in [0, 0.1) is 0 Å². The Morgan fingerprint density at radius 2 is 2.39 bits per heavy atom. The van der Waals surface area contributed by atoms with Crippen molar-refractivity contribution in [3.8, 4) is 0 Å². The summed E-state index contributed by atoms with van der Waals surface area (Å²) in [5.41, 5.74) is 0. The summed E-state index contributed by atoms with van der Waals surface area (Å²) in [5, 5.41) is 2.10. The first kappa shape index (κ1) is 14.9. The van der Waals surface area contributed by atoms with Crippen LogP contribution in [0.2, 0.25) is 0 Å². The second kappa shape index (κ2) is 8.06. The molecule has 3 nitrogen and oxygen atoms in total. The second-order valence-electron chi connectivity index (χ2n) is 4.23. The summed E-state index contributed by atoms with van der Waals surface area (Å²) in [6, 6.07) is 4.69. The Morgan fingerprint density at radius 1 is 1.61 bits per heavy atom. The number of hydrogen-bond donors (Lipinski definition) is 0. The van der Waals surface area contributed by atoms with Gasteiger partial charge in [0.25, 0.3) is 0 Å². The van der Waals surface area contributed by atoms with Crippen molar-refractivity contribution >= 4 is 17.3 Å². The minimum atomic E-state index is -0.267. The fraction of sp³-hybridized carbons (Fsp3) is 0.500.